The first kappa shape index (κ1) is 21.5. The average Bonchev–Trinajstić information content (AvgIpc) is 2.67. The predicted molar refractivity (Wildman–Crippen MR) is 112 cm³/mol. The second-order valence-electron chi connectivity index (χ2n) is 7.87. The molecule has 5 nitrogen and oxygen atoms in total. The SMILES string of the molecule is CCc1ccccc1NC(=O)c1cc(S(=O)(=O)N2C[C@@H](C)C[C@H](C)C2)ccc1F. The fraction of sp³-hybridized carbons (Fsp3) is 0.409. The first-order chi connectivity index (χ1) is 13.7. The number of carbonyl (C=O) groups excluding carboxylic acids is 1. The van der Waals surface area contributed by atoms with Crippen LogP contribution in [0.3, 0.4) is 0 Å². The van der Waals surface area contributed by atoms with Crippen molar-refractivity contribution in [3.05, 3.63) is 59.4 Å². The molecule has 1 N–H and O–H groups in total. The summed E-state index contributed by atoms with van der Waals surface area (Å²) in [4.78, 5) is 12.6. The van der Waals surface area contributed by atoms with E-state index >= 15 is 0 Å². The van der Waals surface area contributed by atoms with Crippen LogP contribution in [0.25, 0.3) is 0 Å². The van der Waals surface area contributed by atoms with Crippen LogP contribution in [0.15, 0.2) is 47.4 Å². The highest BCUT2D eigenvalue weighted by molar-refractivity contribution is 7.89. The Balaban J connectivity index is 1.90. The number of piperidine rings is 1. The number of hydrogen-bond acceptors (Lipinski definition) is 3. The smallest absolute Gasteiger partial charge is 0.258 e. The van der Waals surface area contributed by atoms with E-state index in [1.54, 1.807) is 12.1 Å². The number of nitrogens with zero attached hydrogens (tertiary/aromatic N) is 1. The fourth-order valence-corrected chi connectivity index (χ4v) is 5.64. The van der Waals surface area contributed by atoms with E-state index < -0.39 is 21.7 Å². The molecule has 2 atom stereocenters. The quantitative estimate of drug-likeness (QED) is 0.787. The minimum atomic E-state index is -3.80. The van der Waals surface area contributed by atoms with Crippen molar-refractivity contribution in [2.75, 3.05) is 18.4 Å². The molecule has 29 heavy (non-hydrogen) atoms. The summed E-state index contributed by atoms with van der Waals surface area (Å²) in [7, 11) is -3.80. The van der Waals surface area contributed by atoms with Gasteiger partial charge in [-0.1, -0.05) is 39.0 Å². The minimum Gasteiger partial charge on any atom is -0.322 e. The molecular weight excluding hydrogens is 391 g/mol. The van der Waals surface area contributed by atoms with E-state index in [2.05, 4.69) is 5.32 Å². The van der Waals surface area contributed by atoms with Crippen LogP contribution in [0.4, 0.5) is 10.1 Å². The van der Waals surface area contributed by atoms with Crippen LogP contribution in [0, 0.1) is 17.7 Å². The van der Waals surface area contributed by atoms with Gasteiger partial charge >= 0.3 is 0 Å². The van der Waals surface area contributed by atoms with E-state index in [-0.39, 0.29) is 22.3 Å². The Morgan fingerprint density at radius 2 is 1.79 bits per heavy atom. The van der Waals surface area contributed by atoms with E-state index in [1.165, 1.54) is 10.4 Å². The van der Waals surface area contributed by atoms with Gasteiger partial charge in [0.15, 0.2) is 0 Å². The third kappa shape index (κ3) is 4.67. The van der Waals surface area contributed by atoms with E-state index in [4.69, 9.17) is 0 Å². The number of para-hydroxylation sites is 1. The normalized spacial score (nSPS) is 20.4. The molecule has 1 amide bonds. The van der Waals surface area contributed by atoms with Gasteiger partial charge in [-0.25, -0.2) is 12.8 Å². The zero-order valence-electron chi connectivity index (χ0n) is 17.0. The summed E-state index contributed by atoms with van der Waals surface area (Å²) in [5.74, 6) is -0.916. The van der Waals surface area contributed by atoms with Crippen molar-refractivity contribution >= 4 is 21.6 Å². The van der Waals surface area contributed by atoms with Gasteiger partial charge in [-0.2, -0.15) is 4.31 Å². The van der Waals surface area contributed by atoms with Crippen LogP contribution in [-0.2, 0) is 16.4 Å². The molecule has 1 heterocycles. The highest BCUT2D eigenvalue weighted by Gasteiger charge is 2.32. The second kappa shape index (κ2) is 8.63. The lowest BCUT2D eigenvalue weighted by molar-refractivity contribution is 0.102. The standard InChI is InChI=1S/C22H27FN2O3S/c1-4-17-7-5-6-8-21(17)24-22(26)19-12-18(9-10-20(19)23)29(27,28)25-13-15(2)11-16(3)14-25/h5-10,12,15-16H,4,11,13-14H2,1-3H3,(H,24,26)/t15-,16-/m0/s1. The van der Waals surface area contributed by atoms with Crippen LogP contribution in [0.1, 0.15) is 43.1 Å². The van der Waals surface area contributed by atoms with Gasteiger partial charge < -0.3 is 5.32 Å². The fourth-order valence-electron chi connectivity index (χ4n) is 3.93. The summed E-state index contributed by atoms with van der Waals surface area (Å²) >= 11 is 0. The molecule has 2 aromatic carbocycles. The molecule has 0 aliphatic carbocycles. The second-order valence-corrected chi connectivity index (χ2v) is 9.81. The number of amides is 1. The van der Waals surface area contributed by atoms with Gasteiger partial charge in [-0.3, -0.25) is 4.79 Å². The van der Waals surface area contributed by atoms with Gasteiger partial charge in [0.1, 0.15) is 5.82 Å². The molecule has 2 aromatic rings. The molecule has 0 bridgehead atoms. The number of halogens is 1. The number of carbonyl (C=O) groups is 1. The van der Waals surface area contributed by atoms with Crippen molar-refractivity contribution in [1.29, 1.82) is 0 Å². The zero-order chi connectivity index (χ0) is 21.2. The Kier molecular flexibility index (Phi) is 6.39. The minimum absolute atomic E-state index is 0.0610. The molecule has 0 saturated carbocycles. The summed E-state index contributed by atoms with van der Waals surface area (Å²) in [6, 6.07) is 10.7. The first-order valence-electron chi connectivity index (χ1n) is 9.91. The lowest BCUT2D eigenvalue weighted by Crippen LogP contribution is -2.42. The summed E-state index contributed by atoms with van der Waals surface area (Å²) in [6.07, 6.45) is 1.68. The number of sulfonamides is 1. The molecule has 0 spiro atoms. The summed E-state index contributed by atoms with van der Waals surface area (Å²) in [6.45, 7) is 6.85. The molecule has 1 fully saturated rings. The topological polar surface area (TPSA) is 66.5 Å². The van der Waals surface area contributed by atoms with Gasteiger partial charge in [-0.15, -0.1) is 0 Å². The molecule has 1 saturated heterocycles. The maximum atomic E-state index is 14.4. The van der Waals surface area contributed by atoms with Crippen molar-refractivity contribution in [3.63, 3.8) is 0 Å². The van der Waals surface area contributed by atoms with Crippen molar-refractivity contribution in [2.45, 2.75) is 38.5 Å². The Morgan fingerprint density at radius 3 is 2.45 bits per heavy atom. The Morgan fingerprint density at radius 1 is 1.14 bits per heavy atom. The van der Waals surface area contributed by atoms with Crippen molar-refractivity contribution in [2.24, 2.45) is 11.8 Å². The molecule has 7 heteroatoms. The summed E-state index contributed by atoms with van der Waals surface area (Å²) < 4.78 is 42.0. The Hall–Kier alpha value is -2.25. The van der Waals surface area contributed by atoms with Crippen LogP contribution in [-0.4, -0.2) is 31.7 Å². The molecule has 0 radical (unpaired) electrons. The Labute approximate surface area is 172 Å². The molecule has 0 unspecified atom stereocenters. The molecule has 1 aliphatic rings. The van der Waals surface area contributed by atoms with E-state index in [0.29, 0.717) is 25.2 Å². The van der Waals surface area contributed by atoms with Gasteiger partial charge in [0.25, 0.3) is 5.91 Å². The monoisotopic (exact) mass is 418 g/mol. The molecule has 0 aromatic heterocycles. The van der Waals surface area contributed by atoms with Gasteiger partial charge in [0.2, 0.25) is 10.0 Å². The van der Waals surface area contributed by atoms with E-state index in [1.807, 2.05) is 32.9 Å². The third-order valence-electron chi connectivity index (χ3n) is 5.30. The summed E-state index contributed by atoms with van der Waals surface area (Å²) in [5.41, 5.74) is 1.22. The maximum Gasteiger partial charge on any atom is 0.258 e. The van der Waals surface area contributed by atoms with Crippen molar-refractivity contribution in [3.8, 4) is 0 Å². The van der Waals surface area contributed by atoms with E-state index in [0.717, 1.165) is 24.1 Å². The van der Waals surface area contributed by atoms with Crippen LogP contribution in [0.5, 0.6) is 0 Å². The van der Waals surface area contributed by atoms with Crippen LogP contribution in [0.2, 0.25) is 0 Å². The number of anilines is 1. The van der Waals surface area contributed by atoms with Gasteiger partial charge in [0, 0.05) is 18.8 Å². The highest BCUT2D eigenvalue weighted by atomic mass is 32.2. The Bertz CT molecular complexity index is 997. The van der Waals surface area contributed by atoms with Crippen LogP contribution >= 0.6 is 0 Å². The summed E-state index contributed by atoms with van der Waals surface area (Å²) in [5, 5.41) is 2.70. The number of nitrogens with one attached hydrogen (secondary N) is 1. The number of hydrogen-bond donors (Lipinski definition) is 1. The van der Waals surface area contributed by atoms with Crippen molar-refractivity contribution < 1.29 is 17.6 Å². The lowest BCUT2D eigenvalue weighted by atomic mass is 9.94. The zero-order valence-corrected chi connectivity index (χ0v) is 17.8. The lowest BCUT2D eigenvalue weighted by Gasteiger charge is -2.34. The molecule has 3 rings (SSSR count). The average molecular weight is 419 g/mol. The van der Waals surface area contributed by atoms with E-state index in [9.17, 15) is 17.6 Å². The number of rotatable bonds is 5. The van der Waals surface area contributed by atoms with Crippen molar-refractivity contribution in [1.82, 2.24) is 4.31 Å². The highest BCUT2D eigenvalue weighted by Crippen LogP contribution is 2.28. The predicted octanol–water partition coefficient (Wildman–Crippen LogP) is 4.31. The molecule has 156 valence electrons. The largest absolute Gasteiger partial charge is 0.322 e. The maximum absolute atomic E-state index is 14.4. The van der Waals surface area contributed by atoms with Crippen LogP contribution < -0.4 is 5.32 Å². The third-order valence-corrected chi connectivity index (χ3v) is 7.13. The molecular formula is C22H27FN2O3S. The van der Waals surface area contributed by atoms with Gasteiger partial charge in [0.05, 0.1) is 10.5 Å². The first-order valence-corrected chi connectivity index (χ1v) is 11.3. The van der Waals surface area contributed by atoms with Gasteiger partial charge in [-0.05, 0) is 54.5 Å². The number of benzene rings is 2. The molecule has 1 aliphatic heterocycles. The number of aryl methyl sites for hydroxylation is 1.